The second kappa shape index (κ2) is 10.1. The molecule has 1 N–H and O–H groups in total. The van der Waals surface area contributed by atoms with Crippen molar-refractivity contribution in [2.75, 3.05) is 27.4 Å². The van der Waals surface area contributed by atoms with Gasteiger partial charge in [0.1, 0.15) is 11.9 Å². The number of benzene rings is 2. The number of para-hydroxylation sites is 1. The topological polar surface area (TPSA) is 92.0 Å². The Bertz CT molecular complexity index is 1200. The molecule has 2 heterocycles. The number of hydrogen-bond donors (Lipinski definition) is 1. The molecule has 34 heavy (non-hydrogen) atoms. The Hall–Kier alpha value is -2.91. The number of imidazole rings is 1. The van der Waals surface area contributed by atoms with Crippen LogP contribution in [0.5, 0.6) is 11.5 Å². The van der Waals surface area contributed by atoms with Gasteiger partial charge in [0.15, 0.2) is 23.6 Å². The summed E-state index contributed by atoms with van der Waals surface area (Å²) in [5, 5.41) is 11.4. The fourth-order valence-electron chi connectivity index (χ4n) is 4.09. The van der Waals surface area contributed by atoms with Crippen molar-refractivity contribution in [3.63, 3.8) is 0 Å². The van der Waals surface area contributed by atoms with Gasteiger partial charge >= 0.3 is 0 Å². The Balaban J connectivity index is 1.83. The van der Waals surface area contributed by atoms with Gasteiger partial charge in [0.2, 0.25) is 0 Å². The maximum absolute atomic E-state index is 13.8. The number of methoxy groups -OCH3 is 2. The molecule has 0 radical (unpaired) electrons. The third kappa shape index (κ3) is 4.54. The quantitative estimate of drug-likeness (QED) is 0.477. The fourth-order valence-corrected chi connectivity index (χ4v) is 4.26. The number of ketones is 1. The molecule has 3 aromatic rings. The van der Waals surface area contributed by atoms with Gasteiger partial charge < -0.3 is 24.1 Å². The molecule has 1 aliphatic heterocycles. The van der Waals surface area contributed by atoms with Crippen molar-refractivity contribution >= 4 is 17.4 Å². The van der Waals surface area contributed by atoms with E-state index in [1.54, 1.807) is 41.0 Å². The van der Waals surface area contributed by atoms with Crippen molar-refractivity contribution in [2.24, 2.45) is 0 Å². The van der Waals surface area contributed by atoms with Crippen LogP contribution in [0.4, 0.5) is 0 Å². The predicted octanol–water partition coefficient (Wildman–Crippen LogP) is 4.19. The first-order valence-electron chi connectivity index (χ1n) is 10.9. The van der Waals surface area contributed by atoms with Gasteiger partial charge in [-0.1, -0.05) is 17.7 Å². The van der Waals surface area contributed by atoms with Gasteiger partial charge in [0.05, 0.1) is 44.4 Å². The van der Waals surface area contributed by atoms with Crippen LogP contribution in [-0.4, -0.2) is 54.2 Å². The van der Waals surface area contributed by atoms with Gasteiger partial charge in [0, 0.05) is 22.7 Å². The third-order valence-corrected chi connectivity index (χ3v) is 6.10. The first-order valence-corrected chi connectivity index (χ1v) is 11.3. The molecule has 1 fully saturated rings. The second-order valence-corrected chi connectivity index (χ2v) is 8.37. The largest absolute Gasteiger partial charge is 0.493 e. The van der Waals surface area contributed by atoms with Gasteiger partial charge in [-0.25, -0.2) is 4.98 Å². The van der Waals surface area contributed by atoms with Crippen LogP contribution in [0.3, 0.4) is 0 Å². The standard InChI is InChI=1S/C25H27ClN2O6/c1-14-15(2)28(25(27-14)20(29)13-22-33-10-11-34-22)19-9-8-16(26)12-18(19)23(30)17-6-5-7-21(31-3)24(17)32-4/h5-9,12,20,22,29H,10-11,13H2,1-4H3. The van der Waals surface area contributed by atoms with Gasteiger partial charge in [0.25, 0.3) is 0 Å². The summed E-state index contributed by atoms with van der Waals surface area (Å²) in [6.45, 7) is 4.72. The van der Waals surface area contributed by atoms with E-state index in [1.165, 1.54) is 14.2 Å². The number of aryl methyl sites for hydroxylation is 1. The Morgan fingerprint density at radius 1 is 1.18 bits per heavy atom. The van der Waals surface area contributed by atoms with Crippen molar-refractivity contribution in [1.82, 2.24) is 9.55 Å². The maximum Gasteiger partial charge on any atom is 0.199 e. The van der Waals surface area contributed by atoms with E-state index < -0.39 is 12.4 Å². The van der Waals surface area contributed by atoms with E-state index in [0.29, 0.717) is 52.4 Å². The fraction of sp³-hybridized carbons (Fsp3) is 0.360. The van der Waals surface area contributed by atoms with Crippen molar-refractivity contribution in [3.05, 3.63) is 69.8 Å². The van der Waals surface area contributed by atoms with Crippen LogP contribution < -0.4 is 9.47 Å². The Kier molecular flexibility index (Phi) is 7.23. The number of ether oxygens (including phenoxy) is 4. The molecule has 1 unspecified atom stereocenters. The molecule has 0 amide bonds. The molecule has 0 bridgehead atoms. The summed E-state index contributed by atoms with van der Waals surface area (Å²) in [7, 11) is 3.00. The average molecular weight is 487 g/mol. The van der Waals surface area contributed by atoms with Gasteiger partial charge in [-0.15, -0.1) is 0 Å². The highest BCUT2D eigenvalue weighted by Crippen LogP contribution is 2.35. The van der Waals surface area contributed by atoms with Crippen molar-refractivity contribution in [1.29, 1.82) is 0 Å². The highest BCUT2D eigenvalue weighted by Gasteiger charge is 2.28. The molecule has 0 spiro atoms. The van der Waals surface area contributed by atoms with E-state index in [1.807, 2.05) is 13.8 Å². The predicted molar refractivity (Wildman–Crippen MR) is 126 cm³/mol. The second-order valence-electron chi connectivity index (χ2n) is 7.93. The average Bonchev–Trinajstić information content (AvgIpc) is 3.45. The van der Waals surface area contributed by atoms with E-state index in [2.05, 4.69) is 4.98 Å². The zero-order chi connectivity index (χ0) is 24.4. The van der Waals surface area contributed by atoms with Crippen LogP contribution in [0.15, 0.2) is 36.4 Å². The summed E-state index contributed by atoms with van der Waals surface area (Å²) in [5.74, 6) is 0.861. The zero-order valence-corrected chi connectivity index (χ0v) is 20.3. The van der Waals surface area contributed by atoms with Gasteiger partial charge in [-0.05, 0) is 44.2 Å². The van der Waals surface area contributed by atoms with Gasteiger partial charge in [-0.2, -0.15) is 0 Å². The molecule has 1 aromatic heterocycles. The summed E-state index contributed by atoms with van der Waals surface area (Å²) in [6.07, 6.45) is -1.26. The van der Waals surface area contributed by atoms with Crippen LogP contribution in [0.1, 0.15) is 45.7 Å². The summed E-state index contributed by atoms with van der Waals surface area (Å²) in [4.78, 5) is 18.4. The highest BCUT2D eigenvalue weighted by molar-refractivity contribution is 6.31. The molecule has 4 rings (SSSR count). The molecule has 8 nitrogen and oxygen atoms in total. The SMILES string of the molecule is COc1cccc(C(=O)c2cc(Cl)ccc2-n2c(C(O)CC3OCCO3)nc(C)c2C)c1OC. The van der Waals surface area contributed by atoms with Crippen LogP contribution in [0.2, 0.25) is 5.02 Å². The lowest BCUT2D eigenvalue weighted by Gasteiger charge is -2.20. The lowest BCUT2D eigenvalue weighted by molar-refractivity contribution is -0.0722. The summed E-state index contributed by atoms with van der Waals surface area (Å²) in [6, 6.07) is 10.2. The lowest BCUT2D eigenvalue weighted by Crippen LogP contribution is -2.18. The first-order chi connectivity index (χ1) is 16.3. The van der Waals surface area contributed by atoms with E-state index in [-0.39, 0.29) is 12.2 Å². The molecule has 180 valence electrons. The summed E-state index contributed by atoms with van der Waals surface area (Å²) in [5.41, 5.74) is 2.72. The molecule has 0 saturated carbocycles. The molecule has 1 saturated heterocycles. The number of carbonyl (C=O) groups is 1. The van der Waals surface area contributed by atoms with Crippen LogP contribution in [0, 0.1) is 13.8 Å². The van der Waals surface area contributed by atoms with E-state index in [4.69, 9.17) is 30.5 Å². The minimum atomic E-state index is -0.972. The minimum Gasteiger partial charge on any atom is -0.493 e. The number of carbonyl (C=O) groups excluding carboxylic acids is 1. The summed E-state index contributed by atoms with van der Waals surface area (Å²) >= 11 is 6.31. The molecule has 1 aliphatic rings. The number of hydrogen-bond acceptors (Lipinski definition) is 7. The number of aromatic nitrogens is 2. The number of aliphatic hydroxyl groups excluding tert-OH is 1. The smallest absolute Gasteiger partial charge is 0.199 e. The van der Waals surface area contributed by atoms with E-state index in [0.717, 1.165) is 11.4 Å². The zero-order valence-electron chi connectivity index (χ0n) is 19.5. The highest BCUT2D eigenvalue weighted by atomic mass is 35.5. The maximum atomic E-state index is 13.8. The number of rotatable bonds is 8. The van der Waals surface area contributed by atoms with E-state index in [9.17, 15) is 9.90 Å². The molecular formula is C25H27ClN2O6. The molecule has 0 aliphatic carbocycles. The monoisotopic (exact) mass is 486 g/mol. The normalized spacial score (nSPS) is 14.9. The Labute approximate surface area is 203 Å². The van der Waals surface area contributed by atoms with Crippen LogP contribution in [0.25, 0.3) is 5.69 Å². The van der Waals surface area contributed by atoms with E-state index >= 15 is 0 Å². The number of nitrogens with zero attached hydrogens (tertiary/aromatic N) is 2. The van der Waals surface area contributed by atoms with Gasteiger partial charge in [-0.3, -0.25) is 9.36 Å². The third-order valence-electron chi connectivity index (χ3n) is 5.87. The molecular weight excluding hydrogens is 460 g/mol. The number of aliphatic hydroxyl groups is 1. The van der Waals surface area contributed by atoms with Crippen LogP contribution >= 0.6 is 11.6 Å². The first kappa shape index (κ1) is 24.2. The molecule has 9 heteroatoms. The lowest BCUT2D eigenvalue weighted by atomic mass is 9.99. The summed E-state index contributed by atoms with van der Waals surface area (Å²) < 4.78 is 23.6. The Morgan fingerprint density at radius 2 is 1.91 bits per heavy atom. The Morgan fingerprint density at radius 3 is 2.59 bits per heavy atom. The number of halogens is 1. The molecule has 1 atom stereocenters. The van der Waals surface area contributed by atoms with Crippen LogP contribution in [-0.2, 0) is 9.47 Å². The minimum absolute atomic E-state index is 0.219. The molecule has 2 aromatic carbocycles. The van der Waals surface area contributed by atoms with Crippen molar-refractivity contribution in [2.45, 2.75) is 32.7 Å². The van der Waals surface area contributed by atoms with Crippen molar-refractivity contribution in [3.8, 4) is 17.2 Å². The van der Waals surface area contributed by atoms with Crippen molar-refractivity contribution < 1.29 is 28.8 Å².